The van der Waals surface area contributed by atoms with E-state index < -0.39 is 0 Å². The standard InChI is InChI=1S/C14H20BrFN2O/c1-19-11-3-2-6-18(9-11)14(8-17)10-4-5-13(16)12(15)7-10/h4-5,7,11,14H,2-3,6,8-9,17H2,1H3. The molecule has 1 fully saturated rings. The Morgan fingerprint density at radius 3 is 3.00 bits per heavy atom. The number of ether oxygens (including phenoxy) is 1. The highest BCUT2D eigenvalue weighted by Gasteiger charge is 2.26. The molecule has 1 heterocycles. The van der Waals surface area contributed by atoms with E-state index in [2.05, 4.69) is 20.8 Å². The van der Waals surface area contributed by atoms with E-state index in [1.165, 1.54) is 6.07 Å². The van der Waals surface area contributed by atoms with Crippen LogP contribution in [0.4, 0.5) is 4.39 Å². The average molecular weight is 331 g/mol. The van der Waals surface area contributed by atoms with E-state index in [9.17, 15) is 4.39 Å². The monoisotopic (exact) mass is 330 g/mol. The Balaban J connectivity index is 2.16. The van der Waals surface area contributed by atoms with Gasteiger partial charge in [0.2, 0.25) is 0 Å². The number of hydrogen-bond acceptors (Lipinski definition) is 3. The molecular formula is C14H20BrFN2O. The lowest BCUT2D eigenvalue weighted by atomic mass is 10.0. The van der Waals surface area contributed by atoms with E-state index in [1.54, 1.807) is 7.11 Å². The predicted octanol–water partition coefficient (Wildman–Crippen LogP) is 2.70. The van der Waals surface area contributed by atoms with Crippen LogP contribution in [0, 0.1) is 5.82 Å². The summed E-state index contributed by atoms with van der Waals surface area (Å²) in [5, 5.41) is 0. The third-order valence-corrected chi connectivity index (χ3v) is 4.34. The third kappa shape index (κ3) is 3.54. The molecule has 5 heteroatoms. The highest BCUT2D eigenvalue weighted by Crippen LogP contribution is 2.27. The Labute approximate surface area is 122 Å². The number of likely N-dealkylation sites (tertiary alicyclic amines) is 1. The van der Waals surface area contributed by atoms with Crippen LogP contribution in [0.5, 0.6) is 0 Å². The largest absolute Gasteiger partial charge is 0.380 e. The number of hydrogen-bond donors (Lipinski definition) is 1. The summed E-state index contributed by atoms with van der Waals surface area (Å²) in [6, 6.07) is 5.24. The minimum Gasteiger partial charge on any atom is -0.380 e. The van der Waals surface area contributed by atoms with Crippen LogP contribution < -0.4 is 5.73 Å². The predicted molar refractivity (Wildman–Crippen MR) is 77.5 cm³/mol. The molecular weight excluding hydrogens is 311 g/mol. The second-order valence-corrected chi connectivity index (χ2v) is 5.77. The first kappa shape index (κ1) is 14.9. The maximum atomic E-state index is 13.3. The Morgan fingerprint density at radius 1 is 1.58 bits per heavy atom. The minimum absolute atomic E-state index is 0.120. The average Bonchev–Trinajstić information content (AvgIpc) is 2.44. The van der Waals surface area contributed by atoms with Crippen molar-refractivity contribution in [2.45, 2.75) is 25.0 Å². The van der Waals surface area contributed by atoms with Crippen LogP contribution in [0.25, 0.3) is 0 Å². The second kappa shape index (κ2) is 6.79. The molecule has 0 bridgehead atoms. The van der Waals surface area contributed by atoms with E-state index in [0.717, 1.165) is 31.5 Å². The Kier molecular flexibility index (Phi) is 5.33. The van der Waals surface area contributed by atoms with Crippen molar-refractivity contribution >= 4 is 15.9 Å². The van der Waals surface area contributed by atoms with Gasteiger partial charge in [-0.1, -0.05) is 6.07 Å². The third-order valence-electron chi connectivity index (χ3n) is 3.74. The van der Waals surface area contributed by atoms with Gasteiger partial charge in [-0.05, 0) is 53.0 Å². The first-order chi connectivity index (χ1) is 9.15. The van der Waals surface area contributed by atoms with Gasteiger partial charge in [-0.2, -0.15) is 0 Å². The first-order valence-electron chi connectivity index (χ1n) is 6.57. The van der Waals surface area contributed by atoms with E-state index >= 15 is 0 Å². The molecule has 2 atom stereocenters. The highest BCUT2D eigenvalue weighted by molar-refractivity contribution is 9.10. The van der Waals surface area contributed by atoms with Gasteiger partial charge in [0.1, 0.15) is 5.82 Å². The molecule has 1 aliphatic heterocycles. The first-order valence-corrected chi connectivity index (χ1v) is 7.37. The van der Waals surface area contributed by atoms with Crippen LogP contribution in [0.3, 0.4) is 0 Å². The molecule has 0 aromatic heterocycles. The van der Waals surface area contributed by atoms with Crippen LogP contribution >= 0.6 is 15.9 Å². The Hall–Kier alpha value is -0.490. The van der Waals surface area contributed by atoms with Gasteiger partial charge in [0, 0.05) is 26.2 Å². The number of nitrogens with zero attached hydrogens (tertiary/aromatic N) is 1. The fourth-order valence-electron chi connectivity index (χ4n) is 2.66. The van der Waals surface area contributed by atoms with Gasteiger partial charge in [-0.3, -0.25) is 4.90 Å². The molecule has 2 N–H and O–H groups in total. The second-order valence-electron chi connectivity index (χ2n) is 4.92. The van der Waals surface area contributed by atoms with Crippen LogP contribution in [0.2, 0.25) is 0 Å². The number of rotatable bonds is 4. The molecule has 1 aromatic carbocycles. The minimum atomic E-state index is -0.243. The lowest BCUT2D eigenvalue weighted by Crippen LogP contribution is -2.43. The fourth-order valence-corrected chi connectivity index (χ4v) is 3.05. The SMILES string of the molecule is COC1CCCN(C(CN)c2ccc(F)c(Br)c2)C1. The van der Waals surface area contributed by atoms with Crippen molar-refractivity contribution in [1.29, 1.82) is 0 Å². The van der Waals surface area contributed by atoms with E-state index in [1.807, 2.05) is 12.1 Å². The molecule has 0 spiro atoms. The summed E-state index contributed by atoms with van der Waals surface area (Å²) in [6.45, 7) is 2.42. The molecule has 106 valence electrons. The quantitative estimate of drug-likeness (QED) is 0.922. The molecule has 0 radical (unpaired) electrons. The Bertz CT molecular complexity index is 430. The molecule has 19 heavy (non-hydrogen) atoms. The smallest absolute Gasteiger partial charge is 0.137 e. The summed E-state index contributed by atoms with van der Waals surface area (Å²) in [7, 11) is 1.75. The number of nitrogens with two attached hydrogens (primary N) is 1. The van der Waals surface area contributed by atoms with Gasteiger partial charge in [-0.25, -0.2) is 4.39 Å². The van der Waals surface area contributed by atoms with Crippen molar-refractivity contribution in [3.05, 3.63) is 34.1 Å². The van der Waals surface area contributed by atoms with Crippen LogP contribution in [0.1, 0.15) is 24.4 Å². The molecule has 1 aliphatic rings. The zero-order valence-electron chi connectivity index (χ0n) is 11.1. The van der Waals surface area contributed by atoms with E-state index in [4.69, 9.17) is 10.5 Å². The zero-order chi connectivity index (χ0) is 13.8. The maximum absolute atomic E-state index is 13.3. The summed E-state index contributed by atoms with van der Waals surface area (Å²) in [4.78, 5) is 2.33. The molecule has 2 unspecified atom stereocenters. The molecule has 0 aliphatic carbocycles. The maximum Gasteiger partial charge on any atom is 0.137 e. The number of halogens is 2. The van der Waals surface area contributed by atoms with Gasteiger partial charge >= 0.3 is 0 Å². The van der Waals surface area contributed by atoms with Crippen molar-refractivity contribution in [3.63, 3.8) is 0 Å². The normalized spacial score (nSPS) is 22.4. The highest BCUT2D eigenvalue weighted by atomic mass is 79.9. The van der Waals surface area contributed by atoms with Crippen molar-refractivity contribution in [2.24, 2.45) is 5.73 Å². The van der Waals surface area contributed by atoms with E-state index in [0.29, 0.717) is 11.0 Å². The zero-order valence-corrected chi connectivity index (χ0v) is 12.7. The molecule has 1 aromatic rings. The number of piperidine rings is 1. The summed E-state index contributed by atoms with van der Waals surface area (Å²) >= 11 is 3.23. The number of methoxy groups -OCH3 is 1. The molecule has 1 saturated heterocycles. The summed E-state index contributed by atoms with van der Waals surface area (Å²) in [6.07, 6.45) is 2.47. The van der Waals surface area contributed by atoms with Gasteiger partial charge in [-0.15, -0.1) is 0 Å². The topological polar surface area (TPSA) is 38.5 Å². The van der Waals surface area contributed by atoms with E-state index in [-0.39, 0.29) is 18.0 Å². The van der Waals surface area contributed by atoms with Gasteiger partial charge in [0.05, 0.1) is 10.6 Å². The lowest BCUT2D eigenvalue weighted by molar-refractivity contribution is 0.0155. The van der Waals surface area contributed by atoms with Crippen molar-refractivity contribution < 1.29 is 9.13 Å². The van der Waals surface area contributed by atoms with Gasteiger partial charge in [0.25, 0.3) is 0 Å². The molecule has 3 nitrogen and oxygen atoms in total. The summed E-state index contributed by atoms with van der Waals surface area (Å²) in [5.74, 6) is -0.243. The number of benzene rings is 1. The van der Waals surface area contributed by atoms with Crippen molar-refractivity contribution in [2.75, 3.05) is 26.7 Å². The summed E-state index contributed by atoms with van der Waals surface area (Å²) < 4.78 is 19.2. The fraction of sp³-hybridized carbons (Fsp3) is 0.571. The van der Waals surface area contributed by atoms with Crippen LogP contribution in [0.15, 0.2) is 22.7 Å². The van der Waals surface area contributed by atoms with Crippen LogP contribution in [-0.4, -0.2) is 37.7 Å². The van der Waals surface area contributed by atoms with Crippen LogP contribution in [-0.2, 0) is 4.74 Å². The van der Waals surface area contributed by atoms with Crippen molar-refractivity contribution in [1.82, 2.24) is 4.90 Å². The van der Waals surface area contributed by atoms with Crippen molar-refractivity contribution in [3.8, 4) is 0 Å². The summed E-state index contributed by atoms with van der Waals surface area (Å²) in [5.41, 5.74) is 6.97. The molecule has 2 rings (SSSR count). The van der Waals surface area contributed by atoms with Gasteiger partial charge in [0.15, 0.2) is 0 Å². The van der Waals surface area contributed by atoms with Gasteiger partial charge < -0.3 is 10.5 Å². The molecule has 0 saturated carbocycles. The molecule has 0 amide bonds. The Morgan fingerprint density at radius 2 is 2.37 bits per heavy atom. The lowest BCUT2D eigenvalue weighted by Gasteiger charge is -2.37.